The number of hydrogen-bond acceptors (Lipinski definition) is 3. The highest BCUT2D eigenvalue weighted by Crippen LogP contribution is 2.32. The van der Waals surface area contributed by atoms with E-state index in [9.17, 15) is 9.59 Å². The molecule has 5 heteroatoms. The Morgan fingerprint density at radius 3 is 3.00 bits per heavy atom. The molecule has 2 aliphatic rings. The smallest absolute Gasteiger partial charge is 0.234 e. The van der Waals surface area contributed by atoms with Crippen molar-refractivity contribution in [2.24, 2.45) is 5.92 Å². The average Bonchev–Trinajstić information content (AvgIpc) is 2.36. The summed E-state index contributed by atoms with van der Waals surface area (Å²) in [5.41, 5.74) is 2.04. The number of fused-ring (bicyclic) bond motifs is 1. The first-order valence-corrected chi connectivity index (χ1v) is 8.04. The van der Waals surface area contributed by atoms with Crippen LogP contribution in [0.1, 0.15) is 24.8 Å². The minimum Gasteiger partial charge on any atom is -0.356 e. The van der Waals surface area contributed by atoms with Crippen molar-refractivity contribution in [1.29, 1.82) is 0 Å². The van der Waals surface area contributed by atoms with Crippen LogP contribution in [0.3, 0.4) is 0 Å². The maximum Gasteiger partial charge on any atom is 0.234 e. The predicted octanol–water partition coefficient (Wildman–Crippen LogP) is 2.19. The highest BCUT2D eigenvalue weighted by molar-refractivity contribution is 8.00. The molecule has 2 amide bonds. The van der Waals surface area contributed by atoms with Gasteiger partial charge in [0.1, 0.15) is 0 Å². The second-order valence-electron chi connectivity index (χ2n) is 5.34. The van der Waals surface area contributed by atoms with Crippen LogP contribution in [0.4, 0.5) is 5.69 Å². The second kappa shape index (κ2) is 5.87. The Hall–Kier alpha value is -1.49. The highest BCUT2D eigenvalue weighted by Gasteiger charge is 2.24. The van der Waals surface area contributed by atoms with Crippen molar-refractivity contribution in [2.45, 2.75) is 30.6 Å². The molecular weight excluding hydrogens is 272 g/mol. The molecular formula is C15H18N2O2S. The van der Waals surface area contributed by atoms with Crippen molar-refractivity contribution in [3.05, 3.63) is 23.8 Å². The fourth-order valence-electron chi connectivity index (χ4n) is 2.43. The van der Waals surface area contributed by atoms with Gasteiger partial charge in [-0.1, -0.05) is 12.5 Å². The maximum absolute atomic E-state index is 11.7. The lowest BCUT2D eigenvalue weighted by Gasteiger charge is -2.24. The van der Waals surface area contributed by atoms with Crippen LogP contribution in [0.15, 0.2) is 23.1 Å². The zero-order chi connectivity index (χ0) is 13.9. The summed E-state index contributed by atoms with van der Waals surface area (Å²) >= 11 is 1.57. The van der Waals surface area contributed by atoms with Crippen LogP contribution in [0.2, 0.25) is 0 Å². The van der Waals surface area contributed by atoms with Crippen molar-refractivity contribution in [3.8, 4) is 0 Å². The van der Waals surface area contributed by atoms with Crippen molar-refractivity contribution in [2.75, 3.05) is 17.6 Å². The molecule has 2 N–H and O–H groups in total. The molecule has 1 fully saturated rings. The van der Waals surface area contributed by atoms with E-state index in [1.54, 1.807) is 11.8 Å². The van der Waals surface area contributed by atoms with E-state index in [4.69, 9.17) is 0 Å². The first-order chi connectivity index (χ1) is 9.72. The molecule has 1 aliphatic heterocycles. The number of carbonyl (C=O) groups excluding carboxylic acids is 2. The third kappa shape index (κ3) is 2.98. The summed E-state index contributed by atoms with van der Waals surface area (Å²) in [5, 5.41) is 5.88. The number of benzene rings is 1. The molecule has 20 heavy (non-hydrogen) atoms. The van der Waals surface area contributed by atoms with E-state index >= 15 is 0 Å². The second-order valence-corrected chi connectivity index (χ2v) is 6.35. The lowest BCUT2D eigenvalue weighted by atomic mass is 9.85. The number of carbonyl (C=O) groups is 2. The van der Waals surface area contributed by atoms with Crippen LogP contribution in [0, 0.1) is 5.92 Å². The molecule has 4 nitrogen and oxygen atoms in total. The molecule has 106 valence electrons. The van der Waals surface area contributed by atoms with Gasteiger partial charge in [0, 0.05) is 17.4 Å². The van der Waals surface area contributed by atoms with E-state index in [0.29, 0.717) is 12.3 Å². The van der Waals surface area contributed by atoms with Gasteiger partial charge in [0.25, 0.3) is 0 Å². The SMILES string of the molecule is O=C1CSc2ccc(CCNC(=O)C3CCC3)cc2N1. The summed E-state index contributed by atoms with van der Waals surface area (Å²) in [5.74, 6) is 0.981. The third-order valence-electron chi connectivity index (χ3n) is 3.87. The Kier molecular flexibility index (Phi) is 3.96. The predicted molar refractivity (Wildman–Crippen MR) is 79.9 cm³/mol. The number of anilines is 1. The van der Waals surface area contributed by atoms with Crippen molar-refractivity contribution in [3.63, 3.8) is 0 Å². The summed E-state index contributed by atoms with van der Waals surface area (Å²) in [7, 11) is 0. The molecule has 1 heterocycles. The van der Waals surface area contributed by atoms with Crippen LogP contribution in [-0.2, 0) is 16.0 Å². The molecule has 0 saturated heterocycles. The van der Waals surface area contributed by atoms with Gasteiger partial charge in [-0.3, -0.25) is 9.59 Å². The zero-order valence-electron chi connectivity index (χ0n) is 11.3. The number of hydrogen-bond donors (Lipinski definition) is 2. The van der Waals surface area contributed by atoms with Gasteiger partial charge >= 0.3 is 0 Å². The van der Waals surface area contributed by atoms with Crippen LogP contribution in [0.25, 0.3) is 0 Å². The molecule has 3 rings (SSSR count). The minimum absolute atomic E-state index is 0.0536. The summed E-state index contributed by atoms with van der Waals surface area (Å²) in [6, 6.07) is 6.12. The lowest BCUT2D eigenvalue weighted by Crippen LogP contribution is -2.35. The van der Waals surface area contributed by atoms with Crippen LogP contribution in [-0.4, -0.2) is 24.1 Å². The Morgan fingerprint density at radius 1 is 1.40 bits per heavy atom. The van der Waals surface area contributed by atoms with Gasteiger partial charge < -0.3 is 10.6 Å². The monoisotopic (exact) mass is 290 g/mol. The first kappa shape index (κ1) is 13.5. The number of amides is 2. The third-order valence-corrected chi connectivity index (χ3v) is 4.94. The summed E-state index contributed by atoms with van der Waals surface area (Å²) in [6.45, 7) is 0.662. The van der Waals surface area contributed by atoms with Gasteiger partial charge in [-0.25, -0.2) is 0 Å². The lowest BCUT2D eigenvalue weighted by molar-refractivity contribution is -0.127. The Bertz CT molecular complexity index is 541. The largest absolute Gasteiger partial charge is 0.356 e. The van der Waals surface area contributed by atoms with Crippen molar-refractivity contribution < 1.29 is 9.59 Å². The van der Waals surface area contributed by atoms with Crippen LogP contribution < -0.4 is 10.6 Å². The maximum atomic E-state index is 11.7. The van der Waals surface area contributed by atoms with Crippen LogP contribution >= 0.6 is 11.8 Å². The quantitative estimate of drug-likeness (QED) is 0.893. The highest BCUT2D eigenvalue weighted by atomic mass is 32.2. The van der Waals surface area contributed by atoms with Gasteiger partial charge in [0.15, 0.2) is 0 Å². The Morgan fingerprint density at radius 2 is 2.25 bits per heavy atom. The average molecular weight is 290 g/mol. The van der Waals surface area contributed by atoms with E-state index in [1.165, 1.54) is 6.42 Å². The molecule has 0 radical (unpaired) electrons. The van der Waals surface area contributed by atoms with Gasteiger partial charge in [-0.15, -0.1) is 11.8 Å². The van der Waals surface area contributed by atoms with Gasteiger partial charge in [-0.05, 0) is 37.0 Å². The molecule has 1 aromatic carbocycles. The van der Waals surface area contributed by atoms with Gasteiger partial charge in [0.05, 0.1) is 11.4 Å². The molecule has 0 bridgehead atoms. The first-order valence-electron chi connectivity index (χ1n) is 7.05. The summed E-state index contributed by atoms with van der Waals surface area (Å²) in [4.78, 5) is 24.2. The zero-order valence-corrected chi connectivity index (χ0v) is 12.1. The minimum atomic E-state index is 0.0536. The normalized spacial score (nSPS) is 17.9. The fourth-order valence-corrected chi connectivity index (χ4v) is 3.22. The summed E-state index contributed by atoms with van der Waals surface area (Å²) in [6.07, 6.45) is 4.05. The molecule has 1 saturated carbocycles. The van der Waals surface area contributed by atoms with E-state index in [0.717, 1.165) is 35.4 Å². The number of thioether (sulfide) groups is 1. The van der Waals surface area contributed by atoms with Crippen molar-refractivity contribution >= 4 is 29.3 Å². The molecule has 1 aliphatic carbocycles. The standard InChI is InChI=1S/C15H18N2O2S/c18-14-9-20-13-5-4-10(8-12(13)17-14)6-7-16-15(19)11-2-1-3-11/h4-5,8,11H,1-3,6-7,9H2,(H,16,19)(H,17,18). The number of nitrogens with one attached hydrogen (secondary N) is 2. The molecule has 0 unspecified atom stereocenters. The van der Waals surface area contributed by atoms with Crippen molar-refractivity contribution in [1.82, 2.24) is 5.32 Å². The number of rotatable bonds is 4. The topological polar surface area (TPSA) is 58.2 Å². The Balaban J connectivity index is 1.54. The summed E-state index contributed by atoms with van der Waals surface area (Å²) < 4.78 is 0. The van der Waals surface area contributed by atoms with Gasteiger partial charge in [0.2, 0.25) is 11.8 Å². The van der Waals surface area contributed by atoms with E-state index in [1.807, 2.05) is 12.1 Å². The Labute approximate surface area is 122 Å². The van der Waals surface area contributed by atoms with E-state index < -0.39 is 0 Å². The molecule has 0 aromatic heterocycles. The fraction of sp³-hybridized carbons (Fsp3) is 0.467. The van der Waals surface area contributed by atoms with Crippen LogP contribution in [0.5, 0.6) is 0 Å². The molecule has 0 atom stereocenters. The van der Waals surface area contributed by atoms with E-state index in [2.05, 4.69) is 16.7 Å². The van der Waals surface area contributed by atoms with Gasteiger partial charge in [-0.2, -0.15) is 0 Å². The molecule has 0 spiro atoms. The van der Waals surface area contributed by atoms with E-state index in [-0.39, 0.29) is 17.7 Å². The molecule has 1 aromatic rings.